The zero-order valence-electron chi connectivity index (χ0n) is 21.2. The van der Waals surface area contributed by atoms with Crippen molar-refractivity contribution in [2.75, 3.05) is 39.8 Å². The van der Waals surface area contributed by atoms with Crippen molar-refractivity contribution in [1.29, 1.82) is 0 Å². The van der Waals surface area contributed by atoms with Crippen LogP contribution in [0.1, 0.15) is 35.7 Å². The fourth-order valence-corrected chi connectivity index (χ4v) is 5.39. The van der Waals surface area contributed by atoms with E-state index in [-0.39, 0.29) is 30.2 Å². The molecule has 2 N–H and O–H groups in total. The Morgan fingerprint density at radius 2 is 2.03 bits per heavy atom. The van der Waals surface area contributed by atoms with E-state index in [1.54, 1.807) is 31.1 Å². The van der Waals surface area contributed by atoms with Gasteiger partial charge in [-0.15, -0.1) is 0 Å². The van der Waals surface area contributed by atoms with Gasteiger partial charge in [0.2, 0.25) is 0 Å². The first-order valence-electron chi connectivity index (χ1n) is 12.6. The smallest absolute Gasteiger partial charge is 0.257 e. The van der Waals surface area contributed by atoms with Crippen LogP contribution < -0.4 is 10.6 Å². The van der Waals surface area contributed by atoms with E-state index in [1.165, 1.54) is 0 Å². The summed E-state index contributed by atoms with van der Waals surface area (Å²) in [6.07, 6.45) is 8.08. The maximum atomic E-state index is 13.2. The number of rotatable bonds is 7. The average Bonchev–Trinajstić information content (AvgIpc) is 3.53. The molecule has 0 spiro atoms. The number of carbonyl (C=O) groups is 1. The Morgan fingerprint density at radius 3 is 2.78 bits per heavy atom. The maximum Gasteiger partial charge on any atom is 0.257 e. The molecule has 0 bridgehead atoms. The number of aromatic nitrogens is 5. The lowest BCUT2D eigenvalue weighted by Gasteiger charge is -2.35. The van der Waals surface area contributed by atoms with E-state index in [1.807, 2.05) is 25.2 Å². The van der Waals surface area contributed by atoms with E-state index in [0.29, 0.717) is 24.4 Å². The number of nitrogens with zero attached hydrogens (tertiary/aromatic N) is 5. The minimum absolute atomic E-state index is 0.00310. The fraction of sp³-hybridized carbons (Fsp3) is 0.462. The van der Waals surface area contributed by atoms with Gasteiger partial charge in [-0.1, -0.05) is 0 Å². The van der Waals surface area contributed by atoms with Crippen LogP contribution in [0.2, 0.25) is 0 Å². The number of carbonyl (C=O) groups excluding carboxylic acids is 1. The summed E-state index contributed by atoms with van der Waals surface area (Å²) in [4.78, 5) is 22.9. The van der Waals surface area contributed by atoms with Crippen molar-refractivity contribution in [3.63, 3.8) is 0 Å². The molecular weight excluding hydrogens is 474 g/mol. The van der Waals surface area contributed by atoms with E-state index in [4.69, 9.17) is 24.2 Å². The topological polar surface area (TPSA) is 117 Å². The molecule has 0 aromatic carbocycles. The van der Waals surface area contributed by atoms with Gasteiger partial charge in [-0.2, -0.15) is 9.61 Å². The summed E-state index contributed by atoms with van der Waals surface area (Å²) in [7, 11) is 5.21. The van der Waals surface area contributed by atoms with Crippen LogP contribution in [0.25, 0.3) is 27.9 Å². The lowest BCUT2D eigenvalue weighted by molar-refractivity contribution is -0.0592. The normalized spacial score (nSPS) is 23.8. The van der Waals surface area contributed by atoms with Crippen LogP contribution in [0.5, 0.6) is 0 Å². The molecular formula is C26H31N7O4. The zero-order valence-corrected chi connectivity index (χ0v) is 21.2. The van der Waals surface area contributed by atoms with Crippen LogP contribution in [0.3, 0.4) is 0 Å². The molecule has 11 nitrogen and oxygen atoms in total. The van der Waals surface area contributed by atoms with Crippen LogP contribution in [-0.2, 0) is 14.2 Å². The van der Waals surface area contributed by atoms with Crippen molar-refractivity contribution in [1.82, 2.24) is 29.5 Å². The predicted molar refractivity (Wildman–Crippen MR) is 138 cm³/mol. The van der Waals surface area contributed by atoms with E-state index in [0.717, 1.165) is 47.4 Å². The molecule has 1 aliphatic heterocycles. The number of ether oxygens (including phenoxy) is 3. The monoisotopic (exact) mass is 505 g/mol. The molecule has 1 aliphatic carbocycles. The summed E-state index contributed by atoms with van der Waals surface area (Å²) in [6, 6.07) is 6.00. The van der Waals surface area contributed by atoms with Crippen molar-refractivity contribution in [2.24, 2.45) is 0 Å². The van der Waals surface area contributed by atoms with Crippen LogP contribution in [0.4, 0.5) is 5.82 Å². The Labute approximate surface area is 214 Å². The Bertz CT molecular complexity index is 1450. The number of hydrogen-bond donors (Lipinski definition) is 2. The van der Waals surface area contributed by atoms with Crippen LogP contribution >= 0.6 is 0 Å². The second-order valence-corrected chi connectivity index (χ2v) is 9.53. The molecule has 4 aromatic rings. The van der Waals surface area contributed by atoms with Crippen molar-refractivity contribution < 1.29 is 19.0 Å². The number of fused-ring (bicyclic) bond motifs is 2. The van der Waals surface area contributed by atoms with Crippen LogP contribution in [0, 0.1) is 0 Å². The molecule has 1 saturated carbocycles. The number of amides is 1. The van der Waals surface area contributed by atoms with Gasteiger partial charge in [-0.25, -0.2) is 9.97 Å². The highest BCUT2D eigenvalue weighted by molar-refractivity contribution is 6.01. The third-order valence-corrected chi connectivity index (χ3v) is 7.60. The Morgan fingerprint density at radius 1 is 1.16 bits per heavy atom. The number of hydrogen-bond acceptors (Lipinski definition) is 8. The highest BCUT2D eigenvalue weighted by Gasteiger charge is 2.33. The summed E-state index contributed by atoms with van der Waals surface area (Å²) >= 11 is 0. The molecule has 4 aromatic heterocycles. The van der Waals surface area contributed by atoms with Crippen molar-refractivity contribution in [2.45, 2.75) is 43.6 Å². The first-order valence-corrected chi connectivity index (χ1v) is 12.6. The maximum absolute atomic E-state index is 13.2. The second kappa shape index (κ2) is 9.73. The largest absolute Gasteiger partial charge is 0.379 e. The van der Waals surface area contributed by atoms with Crippen molar-refractivity contribution >= 4 is 28.4 Å². The molecule has 11 heteroatoms. The van der Waals surface area contributed by atoms with E-state index >= 15 is 0 Å². The molecule has 4 atom stereocenters. The standard InChI is InChI=1S/C26H31N7O4/c1-27-23-11-19(30-25-16(12-29-33(23)25)26(34)31-18-6-7-21(18)35-2)17-13-32(24-15(17)5-4-9-28-24)20-8-10-37-14-22(20)36-3/h4-5,9,11-13,18,20-22,27H,6-8,10,14H2,1-3H3,(H,31,34)/t18?,20-,21-,22+/m0/s1. The van der Waals surface area contributed by atoms with Crippen molar-refractivity contribution in [3.8, 4) is 11.3 Å². The van der Waals surface area contributed by atoms with Gasteiger partial charge in [-0.3, -0.25) is 4.79 Å². The summed E-state index contributed by atoms with van der Waals surface area (Å²) in [5, 5.41) is 11.7. The van der Waals surface area contributed by atoms with E-state index in [2.05, 4.69) is 26.5 Å². The third-order valence-electron chi connectivity index (χ3n) is 7.60. The summed E-state index contributed by atoms with van der Waals surface area (Å²) in [6.45, 7) is 1.20. The Kier molecular flexibility index (Phi) is 6.27. The average molecular weight is 506 g/mol. The van der Waals surface area contributed by atoms with E-state index in [9.17, 15) is 4.79 Å². The van der Waals surface area contributed by atoms with Gasteiger partial charge in [0.25, 0.3) is 5.91 Å². The molecule has 0 radical (unpaired) electrons. The quantitative estimate of drug-likeness (QED) is 0.394. The SMILES string of the molecule is CNc1cc(-c2cn([C@H]3CCOC[C@H]3OC)c3ncccc23)nc2c(C(=O)NC3CC[C@@H]3OC)cnn12. The first kappa shape index (κ1) is 23.8. The molecule has 5 heterocycles. The van der Waals surface area contributed by atoms with Gasteiger partial charge in [0, 0.05) is 57.3 Å². The van der Waals surface area contributed by atoms with Gasteiger partial charge in [0.05, 0.1) is 36.7 Å². The summed E-state index contributed by atoms with van der Waals surface area (Å²) in [5.41, 5.74) is 3.42. The Balaban J connectivity index is 1.45. The van der Waals surface area contributed by atoms with Gasteiger partial charge in [-0.05, 0) is 31.4 Å². The summed E-state index contributed by atoms with van der Waals surface area (Å²) in [5.74, 6) is 0.519. The second-order valence-electron chi connectivity index (χ2n) is 9.53. The molecule has 37 heavy (non-hydrogen) atoms. The minimum Gasteiger partial charge on any atom is -0.379 e. The number of nitrogens with one attached hydrogen (secondary N) is 2. The third kappa shape index (κ3) is 4.03. The molecule has 2 fully saturated rings. The number of methoxy groups -OCH3 is 2. The molecule has 2 aliphatic rings. The van der Waals surface area contributed by atoms with Gasteiger partial charge < -0.3 is 29.4 Å². The fourth-order valence-electron chi connectivity index (χ4n) is 5.39. The predicted octanol–water partition coefficient (Wildman–Crippen LogP) is 2.67. The molecule has 6 rings (SSSR count). The molecule has 1 saturated heterocycles. The minimum atomic E-state index is -0.206. The first-order chi connectivity index (χ1) is 18.1. The van der Waals surface area contributed by atoms with Gasteiger partial charge in [0.15, 0.2) is 5.65 Å². The highest BCUT2D eigenvalue weighted by Crippen LogP contribution is 2.35. The van der Waals surface area contributed by atoms with E-state index < -0.39 is 0 Å². The molecule has 194 valence electrons. The van der Waals surface area contributed by atoms with Crippen molar-refractivity contribution in [3.05, 3.63) is 42.4 Å². The molecule has 1 unspecified atom stereocenters. The van der Waals surface area contributed by atoms with Gasteiger partial charge in [0.1, 0.15) is 23.1 Å². The lowest BCUT2D eigenvalue weighted by Crippen LogP contribution is -2.51. The summed E-state index contributed by atoms with van der Waals surface area (Å²) < 4.78 is 20.7. The van der Waals surface area contributed by atoms with Crippen LogP contribution in [0.15, 0.2) is 36.8 Å². The molecule has 1 amide bonds. The lowest BCUT2D eigenvalue weighted by atomic mass is 9.89. The number of anilines is 1. The number of pyridine rings is 1. The van der Waals surface area contributed by atoms with Crippen LogP contribution in [-0.4, -0.2) is 82.8 Å². The Hall–Kier alpha value is -3.54. The zero-order chi connectivity index (χ0) is 25.5. The van der Waals surface area contributed by atoms with Gasteiger partial charge >= 0.3 is 0 Å². The highest BCUT2D eigenvalue weighted by atomic mass is 16.5.